The van der Waals surface area contributed by atoms with Crippen LogP contribution in [0.4, 0.5) is 11.6 Å². The highest BCUT2D eigenvalue weighted by atomic mass is 32.2. The summed E-state index contributed by atoms with van der Waals surface area (Å²) in [5, 5.41) is 0. The van der Waals surface area contributed by atoms with Gasteiger partial charge in [0.2, 0.25) is 0 Å². The van der Waals surface area contributed by atoms with Gasteiger partial charge in [0.1, 0.15) is 13.2 Å². The first-order valence-electron chi connectivity index (χ1n) is 10.0. The van der Waals surface area contributed by atoms with Gasteiger partial charge in [-0.15, -0.1) is 0 Å². The van der Waals surface area contributed by atoms with Crippen molar-refractivity contribution in [2.24, 2.45) is 0 Å². The van der Waals surface area contributed by atoms with E-state index in [2.05, 4.69) is 14.6 Å². The van der Waals surface area contributed by atoms with E-state index in [1.807, 2.05) is 0 Å². The number of sulfonamides is 1. The minimum Gasteiger partial charge on any atom is -0.486 e. The number of ether oxygens (including phenoxy) is 2. The van der Waals surface area contributed by atoms with E-state index in [9.17, 15) is 8.42 Å². The van der Waals surface area contributed by atoms with Gasteiger partial charge in [-0.2, -0.15) is 0 Å². The summed E-state index contributed by atoms with van der Waals surface area (Å²) < 4.78 is 39.9. The molecule has 3 aromatic rings. The lowest BCUT2D eigenvalue weighted by Crippen LogP contribution is -2.31. The van der Waals surface area contributed by atoms with Crippen molar-refractivity contribution in [2.45, 2.75) is 24.2 Å². The Balaban J connectivity index is 1.62. The molecule has 5 rings (SSSR count). The summed E-state index contributed by atoms with van der Waals surface area (Å²) in [6.45, 7) is 2.57. The first-order valence-corrected chi connectivity index (χ1v) is 11.5. The smallest absolute Gasteiger partial charge is 0.263 e. The van der Waals surface area contributed by atoms with E-state index in [0.29, 0.717) is 41.6 Å². The summed E-state index contributed by atoms with van der Waals surface area (Å²) in [6.07, 6.45) is 3.22. The van der Waals surface area contributed by atoms with Gasteiger partial charge in [-0.1, -0.05) is 18.2 Å². The van der Waals surface area contributed by atoms with Gasteiger partial charge in [-0.05, 0) is 31.4 Å². The van der Waals surface area contributed by atoms with Crippen molar-refractivity contribution in [1.29, 1.82) is 0 Å². The number of anilines is 2. The average Bonchev–Trinajstić information content (AvgIpc) is 2.78. The summed E-state index contributed by atoms with van der Waals surface area (Å²) in [5.74, 6) is 1.99. The molecule has 0 radical (unpaired) electrons. The quantitative estimate of drug-likeness (QED) is 0.685. The molecule has 0 amide bonds. The molecule has 1 fully saturated rings. The zero-order valence-electron chi connectivity index (χ0n) is 16.4. The third-order valence-electron chi connectivity index (χ3n) is 5.25. The topological polar surface area (TPSA) is 93.7 Å². The minimum absolute atomic E-state index is 0.179. The zero-order chi connectivity index (χ0) is 20.6. The molecule has 0 spiro atoms. The van der Waals surface area contributed by atoms with Crippen LogP contribution in [0.15, 0.2) is 47.4 Å². The molecule has 0 saturated carbocycles. The largest absolute Gasteiger partial charge is 0.486 e. The monoisotopic (exact) mass is 426 g/mol. The lowest BCUT2D eigenvalue weighted by molar-refractivity contribution is 0.172. The summed E-state index contributed by atoms with van der Waals surface area (Å²) in [7, 11) is -3.80. The van der Waals surface area contributed by atoms with Crippen molar-refractivity contribution in [3.8, 4) is 11.5 Å². The van der Waals surface area contributed by atoms with Crippen LogP contribution >= 0.6 is 0 Å². The molecular formula is C21H22N4O4S. The Morgan fingerprint density at radius 3 is 2.17 bits per heavy atom. The summed E-state index contributed by atoms with van der Waals surface area (Å²) in [5.41, 5.74) is 1.19. The second-order valence-corrected chi connectivity index (χ2v) is 9.03. The summed E-state index contributed by atoms with van der Waals surface area (Å²) >= 11 is 0. The molecule has 3 heterocycles. The number of nitrogens with zero attached hydrogens (tertiary/aromatic N) is 3. The van der Waals surface area contributed by atoms with E-state index in [1.165, 1.54) is 0 Å². The van der Waals surface area contributed by atoms with Gasteiger partial charge in [0.15, 0.2) is 23.1 Å². The third kappa shape index (κ3) is 3.60. The normalized spacial score (nSPS) is 16.5. The molecule has 1 saturated heterocycles. The minimum atomic E-state index is -3.80. The number of fused-ring (bicyclic) bond motifs is 2. The summed E-state index contributed by atoms with van der Waals surface area (Å²) in [4.78, 5) is 11.7. The average molecular weight is 426 g/mol. The van der Waals surface area contributed by atoms with Crippen LogP contribution in [0.25, 0.3) is 11.0 Å². The highest BCUT2D eigenvalue weighted by Gasteiger charge is 2.24. The van der Waals surface area contributed by atoms with Gasteiger partial charge < -0.3 is 14.4 Å². The predicted molar refractivity (Wildman–Crippen MR) is 114 cm³/mol. The predicted octanol–water partition coefficient (Wildman–Crippen LogP) is 3.19. The first-order chi connectivity index (χ1) is 14.6. The fourth-order valence-electron chi connectivity index (χ4n) is 3.76. The third-order valence-corrected chi connectivity index (χ3v) is 6.60. The number of nitrogens with one attached hydrogen (secondary N) is 1. The highest BCUT2D eigenvalue weighted by Crippen LogP contribution is 2.36. The van der Waals surface area contributed by atoms with E-state index in [4.69, 9.17) is 14.5 Å². The molecule has 0 aliphatic carbocycles. The molecule has 2 aliphatic rings. The maximum atomic E-state index is 13.0. The Bertz CT molecular complexity index is 1180. The van der Waals surface area contributed by atoms with Crippen molar-refractivity contribution < 1.29 is 17.9 Å². The number of hydrogen-bond acceptors (Lipinski definition) is 7. The lowest BCUT2D eigenvalue weighted by Gasteiger charge is -2.29. The molecule has 0 atom stereocenters. The first kappa shape index (κ1) is 18.9. The maximum Gasteiger partial charge on any atom is 0.263 e. The Morgan fingerprint density at radius 1 is 0.867 bits per heavy atom. The van der Waals surface area contributed by atoms with Crippen molar-refractivity contribution in [3.05, 3.63) is 42.5 Å². The van der Waals surface area contributed by atoms with Crippen LogP contribution < -0.4 is 19.1 Å². The van der Waals surface area contributed by atoms with E-state index in [0.717, 1.165) is 32.4 Å². The van der Waals surface area contributed by atoms with E-state index in [1.54, 1.807) is 42.5 Å². The molecule has 1 N–H and O–H groups in total. The molecule has 2 aliphatic heterocycles. The second-order valence-electron chi connectivity index (χ2n) is 7.35. The molecule has 156 valence electrons. The lowest BCUT2D eigenvalue weighted by atomic mass is 10.1. The van der Waals surface area contributed by atoms with Crippen LogP contribution in [-0.4, -0.2) is 44.7 Å². The van der Waals surface area contributed by atoms with Crippen molar-refractivity contribution >= 4 is 32.7 Å². The fourth-order valence-corrected chi connectivity index (χ4v) is 4.79. The Hall–Kier alpha value is -3.07. The Kier molecular flexibility index (Phi) is 4.82. The molecule has 30 heavy (non-hydrogen) atoms. The van der Waals surface area contributed by atoms with Crippen LogP contribution in [0, 0.1) is 0 Å². The van der Waals surface area contributed by atoms with Crippen LogP contribution in [0.2, 0.25) is 0 Å². The molecule has 0 unspecified atom stereocenters. The van der Waals surface area contributed by atoms with Gasteiger partial charge in [0.25, 0.3) is 10.0 Å². The molecule has 9 heteroatoms. The highest BCUT2D eigenvalue weighted by molar-refractivity contribution is 7.92. The molecular weight excluding hydrogens is 404 g/mol. The number of rotatable bonds is 4. The van der Waals surface area contributed by atoms with Crippen molar-refractivity contribution in [2.75, 3.05) is 35.9 Å². The van der Waals surface area contributed by atoms with Gasteiger partial charge in [0.05, 0.1) is 15.9 Å². The maximum absolute atomic E-state index is 13.0. The summed E-state index contributed by atoms with van der Waals surface area (Å²) in [6, 6.07) is 11.8. The van der Waals surface area contributed by atoms with Crippen LogP contribution in [0.5, 0.6) is 11.5 Å². The van der Waals surface area contributed by atoms with E-state index >= 15 is 0 Å². The van der Waals surface area contributed by atoms with Crippen molar-refractivity contribution in [3.63, 3.8) is 0 Å². The SMILES string of the molecule is O=S(=O)(Nc1nc2cc3c(cc2nc1N1CCCCC1)OCCO3)c1ccccc1. The van der Waals surface area contributed by atoms with Gasteiger partial charge in [-0.3, -0.25) is 4.72 Å². The zero-order valence-corrected chi connectivity index (χ0v) is 17.2. The Morgan fingerprint density at radius 2 is 1.50 bits per heavy atom. The van der Waals surface area contributed by atoms with E-state index in [-0.39, 0.29) is 10.7 Å². The molecule has 1 aromatic heterocycles. The van der Waals surface area contributed by atoms with Crippen molar-refractivity contribution in [1.82, 2.24) is 9.97 Å². The second kappa shape index (κ2) is 7.64. The van der Waals surface area contributed by atoms with Gasteiger partial charge >= 0.3 is 0 Å². The number of benzene rings is 2. The Labute approximate surface area is 174 Å². The van der Waals surface area contributed by atoms with Gasteiger partial charge in [0, 0.05) is 25.2 Å². The molecule has 2 aromatic carbocycles. The number of aromatic nitrogens is 2. The number of hydrogen-bond donors (Lipinski definition) is 1. The molecule has 8 nitrogen and oxygen atoms in total. The molecule has 0 bridgehead atoms. The number of piperidine rings is 1. The van der Waals surface area contributed by atoms with E-state index < -0.39 is 10.0 Å². The van der Waals surface area contributed by atoms with Gasteiger partial charge in [-0.25, -0.2) is 18.4 Å². The van der Waals surface area contributed by atoms with Crippen LogP contribution in [-0.2, 0) is 10.0 Å². The fraction of sp³-hybridized carbons (Fsp3) is 0.333. The standard InChI is InChI=1S/C21H22N4O4S/c26-30(27,15-7-3-1-4-8-15)24-20-21(25-9-5-2-6-10-25)23-17-14-19-18(13-16(17)22-20)28-11-12-29-19/h1,3-4,7-8,13-14H,2,5-6,9-12H2,(H,22,24). The van der Waals surface area contributed by atoms with Crippen LogP contribution in [0.1, 0.15) is 19.3 Å². The van der Waals surface area contributed by atoms with Crippen LogP contribution in [0.3, 0.4) is 0 Å².